The van der Waals surface area contributed by atoms with Gasteiger partial charge in [-0.15, -0.1) is 11.6 Å². The summed E-state index contributed by atoms with van der Waals surface area (Å²) < 4.78 is 9.00. The third-order valence-electron chi connectivity index (χ3n) is 3.28. The van der Waals surface area contributed by atoms with Gasteiger partial charge in [-0.3, -0.25) is 0 Å². The molecule has 1 aliphatic heterocycles. The maximum atomic E-state index is 6.73. The molecule has 1 heterocycles. The molecule has 0 N–H and O–H groups in total. The zero-order valence-corrected chi connectivity index (χ0v) is 16.4. The second-order valence-electron chi connectivity index (χ2n) is 4.61. The van der Waals surface area contributed by atoms with E-state index in [2.05, 4.69) is 72.6 Å². The van der Waals surface area contributed by atoms with Gasteiger partial charge in [-0.2, -0.15) is 0 Å². The molecule has 0 aliphatic carbocycles. The fraction of sp³-hybridized carbons (Fsp3) is 0.200. The lowest BCUT2D eigenvalue weighted by Crippen LogP contribution is -1.99. The minimum absolute atomic E-state index is 0.233. The van der Waals surface area contributed by atoms with Crippen molar-refractivity contribution < 1.29 is 4.74 Å². The van der Waals surface area contributed by atoms with Gasteiger partial charge in [0.1, 0.15) is 5.75 Å². The Bertz CT molecular complexity index is 675. The van der Waals surface area contributed by atoms with Gasteiger partial charge in [0.15, 0.2) is 0 Å². The van der Waals surface area contributed by atoms with Crippen LogP contribution in [0.15, 0.2) is 39.3 Å². The molecule has 1 nitrogen and oxygen atoms in total. The summed E-state index contributed by atoms with van der Waals surface area (Å²) in [6.07, 6.45) is 0.943. The molecule has 1 atom stereocenters. The summed E-state index contributed by atoms with van der Waals surface area (Å²) in [6, 6.07) is 10.4. The Labute approximate surface area is 153 Å². The summed E-state index contributed by atoms with van der Waals surface area (Å²) in [4.78, 5) is 0. The van der Waals surface area contributed by atoms with Gasteiger partial charge in [-0.1, -0.05) is 31.9 Å². The van der Waals surface area contributed by atoms with Gasteiger partial charge >= 0.3 is 0 Å². The lowest BCUT2D eigenvalue weighted by molar-refractivity contribution is 0.353. The van der Waals surface area contributed by atoms with E-state index in [4.69, 9.17) is 16.3 Å². The molecule has 0 saturated carbocycles. The quantitative estimate of drug-likeness (QED) is 0.339. The van der Waals surface area contributed by atoms with E-state index in [9.17, 15) is 0 Å². The van der Waals surface area contributed by atoms with Crippen LogP contribution in [0.2, 0.25) is 0 Å². The molecular weight excluding hydrogens is 518 g/mol. The Morgan fingerprint density at radius 1 is 1.15 bits per heavy atom. The predicted molar refractivity (Wildman–Crippen MR) is 97.9 cm³/mol. The van der Waals surface area contributed by atoms with Crippen LogP contribution < -0.4 is 4.74 Å². The van der Waals surface area contributed by atoms with E-state index in [0.29, 0.717) is 0 Å². The number of halogens is 4. The standard InChI is InChI=1S/C15H10Br2ClIO/c16-9-5-8-3-4-20-15(8)12(6-9)14(18)11-7-10(19)1-2-13(11)17/h1-2,5-7,14H,3-4H2. The third-order valence-corrected chi connectivity index (χ3v) is 5.60. The van der Waals surface area contributed by atoms with E-state index in [1.54, 1.807) is 0 Å². The number of rotatable bonds is 2. The summed E-state index contributed by atoms with van der Waals surface area (Å²) in [5.41, 5.74) is 3.31. The van der Waals surface area contributed by atoms with E-state index in [1.807, 2.05) is 12.1 Å². The summed E-state index contributed by atoms with van der Waals surface area (Å²) in [5.74, 6) is 0.943. The molecule has 5 heteroatoms. The first-order valence-corrected chi connectivity index (χ1v) is 9.20. The molecule has 0 bridgehead atoms. The number of hydrogen-bond acceptors (Lipinski definition) is 1. The highest BCUT2D eigenvalue weighted by Crippen LogP contribution is 2.43. The molecule has 0 amide bonds. The highest BCUT2D eigenvalue weighted by Gasteiger charge is 2.24. The zero-order chi connectivity index (χ0) is 14.3. The normalized spacial score (nSPS) is 14.8. The van der Waals surface area contributed by atoms with Crippen molar-refractivity contribution in [2.24, 2.45) is 0 Å². The zero-order valence-electron chi connectivity index (χ0n) is 10.3. The minimum atomic E-state index is -0.233. The lowest BCUT2D eigenvalue weighted by Gasteiger charge is -2.16. The largest absolute Gasteiger partial charge is 0.493 e. The first kappa shape index (κ1) is 15.1. The molecule has 0 saturated heterocycles. The van der Waals surface area contributed by atoms with Crippen LogP contribution in [0, 0.1) is 3.57 Å². The van der Waals surface area contributed by atoms with Gasteiger partial charge in [0, 0.05) is 24.5 Å². The third kappa shape index (κ3) is 2.89. The lowest BCUT2D eigenvalue weighted by atomic mass is 10.0. The van der Waals surface area contributed by atoms with Gasteiger partial charge in [-0.25, -0.2) is 0 Å². The van der Waals surface area contributed by atoms with Gasteiger partial charge < -0.3 is 4.74 Å². The van der Waals surface area contributed by atoms with Crippen molar-refractivity contribution in [3.63, 3.8) is 0 Å². The van der Waals surface area contributed by atoms with E-state index >= 15 is 0 Å². The molecule has 0 fully saturated rings. The number of fused-ring (bicyclic) bond motifs is 1. The van der Waals surface area contributed by atoms with E-state index in [1.165, 1.54) is 9.13 Å². The number of benzene rings is 2. The molecule has 2 aromatic carbocycles. The highest BCUT2D eigenvalue weighted by atomic mass is 127. The molecule has 0 spiro atoms. The molecule has 104 valence electrons. The number of hydrogen-bond donors (Lipinski definition) is 0. The van der Waals surface area contributed by atoms with E-state index in [-0.39, 0.29) is 5.38 Å². The van der Waals surface area contributed by atoms with Crippen LogP contribution >= 0.6 is 66.1 Å². The molecule has 0 aromatic heterocycles. The summed E-state index contributed by atoms with van der Waals surface area (Å²) in [5, 5.41) is -0.233. The van der Waals surface area contributed by atoms with Crippen LogP contribution in [0.5, 0.6) is 5.75 Å². The molecule has 20 heavy (non-hydrogen) atoms. The smallest absolute Gasteiger partial charge is 0.127 e. The first-order valence-electron chi connectivity index (χ1n) is 6.10. The summed E-state index contributed by atoms with van der Waals surface area (Å²) in [6.45, 7) is 0.732. The number of ether oxygens (including phenoxy) is 1. The second-order valence-corrected chi connectivity index (χ2v) is 8.06. The predicted octanol–water partition coefficient (Wildman–Crippen LogP) is 6.08. The SMILES string of the molecule is ClC(c1cc(I)ccc1Br)c1cc(Br)cc2c1OCC2. The molecule has 3 rings (SSSR count). The Balaban J connectivity index is 2.11. The number of alkyl halides is 1. The van der Waals surface area contributed by atoms with E-state index in [0.717, 1.165) is 38.8 Å². The Hall–Kier alpha value is 0.220. The van der Waals surface area contributed by atoms with E-state index < -0.39 is 0 Å². The molecule has 0 radical (unpaired) electrons. The maximum Gasteiger partial charge on any atom is 0.127 e. The van der Waals surface area contributed by atoms with Crippen molar-refractivity contribution in [3.05, 3.63) is 59.5 Å². The fourth-order valence-electron chi connectivity index (χ4n) is 2.36. The molecule has 2 aromatic rings. The van der Waals surface area contributed by atoms with Crippen molar-refractivity contribution in [1.29, 1.82) is 0 Å². The molecule has 1 aliphatic rings. The topological polar surface area (TPSA) is 9.23 Å². The van der Waals surface area contributed by atoms with Gasteiger partial charge in [0.2, 0.25) is 0 Å². The molecule has 1 unspecified atom stereocenters. The van der Waals surface area contributed by atoms with Gasteiger partial charge in [0.05, 0.1) is 12.0 Å². The average Bonchev–Trinajstić information content (AvgIpc) is 2.87. The van der Waals surface area contributed by atoms with Gasteiger partial charge in [-0.05, 0) is 64.0 Å². The highest BCUT2D eigenvalue weighted by molar-refractivity contribution is 14.1. The summed E-state index contributed by atoms with van der Waals surface area (Å²) >= 11 is 16.2. The first-order chi connectivity index (χ1) is 9.56. The maximum absolute atomic E-state index is 6.73. The van der Waals surface area contributed by atoms with Crippen molar-refractivity contribution in [1.82, 2.24) is 0 Å². The van der Waals surface area contributed by atoms with Crippen LogP contribution in [0.4, 0.5) is 0 Å². The second kappa shape index (κ2) is 6.15. The monoisotopic (exact) mass is 526 g/mol. The van der Waals surface area contributed by atoms with Crippen molar-refractivity contribution >= 4 is 66.1 Å². The van der Waals surface area contributed by atoms with Crippen molar-refractivity contribution in [2.75, 3.05) is 6.61 Å². The van der Waals surface area contributed by atoms with Crippen molar-refractivity contribution in [2.45, 2.75) is 11.8 Å². The Morgan fingerprint density at radius 3 is 2.75 bits per heavy atom. The van der Waals surface area contributed by atoms with Crippen LogP contribution in [0.1, 0.15) is 22.1 Å². The molecular formula is C15H10Br2ClIO. The van der Waals surface area contributed by atoms with Crippen LogP contribution in [0.25, 0.3) is 0 Å². The van der Waals surface area contributed by atoms with Crippen molar-refractivity contribution in [3.8, 4) is 5.75 Å². The minimum Gasteiger partial charge on any atom is -0.493 e. The summed E-state index contributed by atoms with van der Waals surface area (Å²) in [7, 11) is 0. The fourth-order valence-corrected chi connectivity index (χ4v) is 4.35. The van der Waals surface area contributed by atoms with Crippen LogP contribution in [-0.4, -0.2) is 6.61 Å². The average molecular weight is 528 g/mol. The van der Waals surface area contributed by atoms with Crippen LogP contribution in [-0.2, 0) is 6.42 Å². The Kier molecular flexibility index (Phi) is 4.65. The van der Waals surface area contributed by atoms with Crippen LogP contribution in [0.3, 0.4) is 0 Å². The van der Waals surface area contributed by atoms with Gasteiger partial charge in [0.25, 0.3) is 0 Å². The Morgan fingerprint density at radius 2 is 1.95 bits per heavy atom.